The van der Waals surface area contributed by atoms with Gasteiger partial charge >= 0.3 is 0 Å². The van der Waals surface area contributed by atoms with Crippen LogP contribution in [0.15, 0.2) is 58.9 Å². The number of benzene rings is 2. The number of carbonyl (C=O) groups is 3. The van der Waals surface area contributed by atoms with Crippen molar-refractivity contribution < 1.29 is 27.9 Å². The highest BCUT2D eigenvalue weighted by atomic mass is 32.2. The molecule has 3 aliphatic rings. The van der Waals surface area contributed by atoms with Gasteiger partial charge in [-0.3, -0.25) is 19.3 Å². The molecular weight excluding hydrogens is 751 g/mol. The van der Waals surface area contributed by atoms with E-state index < -0.39 is 33.6 Å². The highest BCUT2D eigenvalue weighted by molar-refractivity contribution is 7.89. The normalized spacial score (nSPS) is 21.8. The van der Waals surface area contributed by atoms with Crippen LogP contribution in [0.4, 0.5) is 0 Å². The fraction of sp³-hybridized carbons (Fsp3) is 0.561. The number of carbonyl (C=O) groups excluding carboxylic acids is 3. The highest BCUT2D eigenvalue weighted by Crippen LogP contribution is 2.31. The van der Waals surface area contributed by atoms with Gasteiger partial charge in [0.15, 0.2) is 0 Å². The van der Waals surface area contributed by atoms with E-state index in [-0.39, 0.29) is 53.6 Å². The van der Waals surface area contributed by atoms with Crippen molar-refractivity contribution in [1.29, 1.82) is 0 Å². The molecule has 3 aliphatic heterocycles. The molecular formula is C41H57N7O6S2. The number of hydrogen-bond acceptors (Lipinski definition) is 10. The quantitative estimate of drug-likeness (QED) is 0.224. The molecule has 0 radical (unpaired) electrons. The molecule has 3 saturated heterocycles. The van der Waals surface area contributed by atoms with Crippen molar-refractivity contribution in [2.24, 2.45) is 17.1 Å². The number of β-amino-alcohol motifs (C(OH)–C–C–N with tert-alkyl or cyclic N) is 1. The number of aliphatic hydroxyl groups is 1. The first-order valence-corrected chi connectivity index (χ1v) is 22.0. The highest BCUT2D eigenvalue weighted by Gasteiger charge is 2.45. The number of hydrogen-bond donors (Lipinski definition) is 4. The van der Waals surface area contributed by atoms with E-state index in [0.717, 1.165) is 27.3 Å². The minimum Gasteiger partial charge on any atom is -0.391 e. The summed E-state index contributed by atoms with van der Waals surface area (Å²) in [6, 6.07) is 13.0. The molecule has 0 unspecified atom stereocenters. The van der Waals surface area contributed by atoms with Gasteiger partial charge in [0.1, 0.15) is 12.1 Å². The van der Waals surface area contributed by atoms with E-state index in [4.69, 9.17) is 5.73 Å². The van der Waals surface area contributed by atoms with E-state index in [1.54, 1.807) is 29.5 Å². The average Bonchev–Trinajstić information content (AvgIpc) is 3.78. The molecule has 3 fully saturated rings. The number of thiazole rings is 1. The Hall–Kier alpha value is -3.73. The van der Waals surface area contributed by atoms with Crippen molar-refractivity contribution in [2.45, 2.75) is 108 Å². The summed E-state index contributed by atoms with van der Waals surface area (Å²) in [5.41, 5.74) is 11.0. The van der Waals surface area contributed by atoms with Crippen LogP contribution >= 0.6 is 11.3 Å². The van der Waals surface area contributed by atoms with Gasteiger partial charge in [-0.2, -0.15) is 4.31 Å². The lowest BCUT2D eigenvalue weighted by Crippen LogP contribution is -2.59. The van der Waals surface area contributed by atoms with Crippen molar-refractivity contribution in [3.63, 3.8) is 0 Å². The van der Waals surface area contributed by atoms with Crippen LogP contribution in [0, 0.1) is 18.3 Å². The van der Waals surface area contributed by atoms with Gasteiger partial charge in [-0.25, -0.2) is 13.4 Å². The second-order valence-electron chi connectivity index (χ2n) is 16.8. The topological polar surface area (TPSA) is 178 Å². The molecule has 13 nitrogen and oxygen atoms in total. The summed E-state index contributed by atoms with van der Waals surface area (Å²) in [6.45, 7) is 12.2. The van der Waals surface area contributed by atoms with Gasteiger partial charge in [0.25, 0.3) is 0 Å². The Labute approximate surface area is 335 Å². The summed E-state index contributed by atoms with van der Waals surface area (Å²) < 4.78 is 28.2. The molecule has 6 rings (SSSR count). The smallest absolute Gasteiger partial charge is 0.246 e. The van der Waals surface area contributed by atoms with Crippen molar-refractivity contribution in [3.8, 4) is 10.4 Å². The summed E-state index contributed by atoms with van der Waals surface area (Å²) in [7, 11) is -3.61. The number of likely N-dealkylation sites (tertiary alicyclic amines) is 2. The zero-order chi connectivity index (χ0) is 40.4. The maximum absolute atomic E-state index is 14.2. The third kappa shape index (κ3) is 9.68. The molecule has 2 aromatic carbocycles. The number of sulfonamides is 1. The Bertz CT molecular complexity index is 1970. The molecule has 3 amide bonds. The molecule has 15 heteroatoms. The van der Waals surface area contributed by atoms with Gasteiger partial charge in [0.2, 0.25) is 27.7 Å². The Morgan fingerprint density at radius 3 is 2.29 bits per heavy atom. The average molecular weight is 808 g/mol. The lowest BCUT2D eigenvalue weighted by molar-refractivity contribution is -0.145. The van der Waals surface area contributed by atoms with E-state index in [2.05, 4.69) is 20.5 Å². The van der Waals surface area contributed by atoms with Gasteiger partial charge < -0.3 is 26.4 Å². The van der Waals surface area contributed by atoms with Crippen LogP contribution in [0.1, 0.15) is 82.7 Å². The van der Waals surface area contributed by atoms with E-state index in [1.807, 2.05) is 70.5 Å². The lowest BCUT2D eigenvalue weighted by Gasteiger charge is -2.37. The summed E-state index contributed by atoms with van der Waals surface area (Å²) >= 11 is 1.58. The monoisotopic (exact) mass is 807 g/mol. The molecule has 56 heavy (non-hydrogen) atoms. The summed E-state index contributed by atoms with van der Waals surface area (Å²) in [5, 5.41) is 16.8. The fourth-order valence-electron chi connectivity index (χ4n) is 7.96. The molecule has 0 spiro atoms. The van der Waals surface area contributed by atoms with E-state index in [9.17, 15) is 27.9 Å². The SMILES string of the molecule is Cc1ncsc1-c1ccc([C@H](C)NC(=O)[C@@H]2C[C@@H](O)CN2C(=O)[C@H](NC(=O)C2CCN(Cc3cccc(S(=O)(=O)N4CCC(N)CC4)c3)CC2)C(C)(C)C)cc1. The minimum absolute atomic E-state index is 0.00371. The molecule has 5 N–H and O–H groups in total. The predicted octanol–water partition coefficient (Wildman–Crippen LogP) is 3.81. The Balaban J connectivity index is 1.04. The van der Waals surface area contributed by atoms with Gasteiger partial charge in [-0.05, 0) is 86.9 Å². The number of piperidine rings is 2. The van der Waals surface area contributed by atoms with Crippen LogP contribution in [-0.4, -0.2) is 107 Å². The molecule has 4 atom stereocenters. The predicted molar refractivity (Wildman–Crippen MR) is 217 cm³/mol. The molecule has 304 valence electrons. The van der Waals surface area contributed by atoms with Crippen LogP contribution in [-0.2, 0) is 31.0 Å². The summed E-state index contributed by atoms with van der Waals surface area (Å²) in [4.78, 5) is 51.0. The number of aromatic nitrogens is 1. The van der Waals surface area contributed by atoms with Gasteiger partial charge in [0.05, 0.1) is 33.1 Å². The first-order valence-electron chi connectivity index (χ1n) is 19.7. The van der Waals surface area contributed by atoms with Crippen molar-refractivity contribution in [2.75, 3.05) is 32.7 Å². The summed E-state index contributed by atoms with van der Waals surface area (Å²) in [5.74, 6) is -1.26. The van der Waals surface area contributed by atoms with Crippen LogP contribution in [0.5, 0.6) is 0 Å². The lowest BCUT2D eigenvalue weighted by atomic mass is 9.84. The molecule has 0 bridgehead atoms. The minimum atomic E-state index is -3.61. The Morgan fingerprint density at radius 1 is 0.982 bits per heavy atom. The number of nitrogens with two attached hydrogens (primary N) is 1. The van der Waals surface area contributed by atoms with Gasteiger partial charge in [-0.15, -0.1) is 11.3 Å². The van der Waals surface area contributed by atoms with E-state index in [0.29, 0.717) is 58.4 Å². The van der Waals surface area contributed by atoms with Crippen LogP contribution < -0.4 is 16.4 Å². The third-order valence-electron chi connectivity index (χ3n) is 11.4. The van der Waals surface area contributed by atoms with Crippen molar-refractivity contribution >= 4 is 39.1 Å². The number of aliphatic hydroxyl groups excluding tert-OH is 1. The van der Waals surface area contributed by atoms with Crippen molar-refractivity contribution in [3.05, 3.63) is 70.9 Å². The second kappa shape index (κ2) is 17.4. The first kappa shape index (κ1) is 41.9. The largest absolute Gasteiger partial charge is 0.391 e. The zero-order valence-electron chi connectivity index (χ0n) is 33.1. The van der Waals surface area contributed by atoms with E-state index in [1.165, 1.54) is 9.21 Å². The first-order chi connectivity index (χ1) is 26.5. The molecule has 3 aromatic rings. The second-order valence-corrected chi connectivity index (χ2v) is 19.6. The fourth-order valence-corrected chi connectivity index (χ4v) is 10.3. The van der Waals surface area contributed by atoms with Crippen LogP contribution in [0.3, 0.4) is 0 Å². The number of nitrogens with one attached hydrogen (secondary N) is 2. The number of nitrogens with zero attached hydrogens (tertiary/aromatic N) is 4. The van der Waals surface area contributed by atoms with Crippen LogP contribution in [0.2, 0.25) is 0 Å². The number of amides is 3. The molecule has 0 aliphatic carbocycles. The maximum atomic E-state index is 14.2. The molecule has 1 aromatic heterocycles. The summed E-state index contributed by atoms with van der Waals surface area (Å²) in [6.07, 6.45) is 1.71. The molecule has 0 saturated carbocycles. The number of aryl methyl sites for hydroxylation is 1. The third-order valence-corrected chi connectivity index (χ3v) is 14.3. The number of rotatable bonds is 11. The van der Waals surface area contributed by atoms with Crippen LogP contribution in [0.25, 0.3) is 10.4 Å². The Morgan fingerprint density at radius 2 is 1.66 bits per heavy atom. The Kier molecular flexibility index (Phi) is 13.0. The van der Waals surface area contributed by atoms with Gasteiger partial charge in [-0.1, -0.05) is 57.2 Å². The van der Waals surface area contributed by atoms with Crippen molar-refractivity contribution in [1.82, 2.24) is 29.7 Å². The van der Waals surface area contributed by atoms with E-state index >= 15 is 0 Å². The van der Waals surface area contributed by atoms with Gasteiger partial charge in [0, 0.05) is 44.6 Å². The standard InChI is InChI=1S/C41H57N7O6S2/c1-26(29-9-11-30(12-10-29)36-27(2)43-25-55-36)44-39(51)35-22-33(49)24-48(35)40(52)37(41(3,4)5)45-38(50)31-13-17-46(18-14-31)23-28-7-6-8-34(21-28)56(53,54)47-19-15-32(42)16-20-47/h6-12,21,25-26,31-33,35,37,49H,13-20,22-24,42H2,1-5H3,(H,44,51)(H,45,50)/t26-,33+,35-,37-/m0/s1. The zero-order valence-corrected chi connectivity index (χ0v) is 34.7. The molecule has 4 heterocycles. The maximum Gasteiger partial charge on any atom is 0.246 e.